The van der Waals surface area contributed by atoms with E-state index in [1.165, 1.54) is 11.3 Å². The van der Waals surface area contributed by atoms with Crippen LogP contribution in [0.3, 0.4) is 0 Å². The Morgan fingerprint density at radius 3 is 2.76 bits per heavy atom. The van der Waals surface area contributed by atoms with Crippen LogP contribution in [0.15, 0.2) is 34.9 Å². The molecular formula is C14H18ClN3O2S. The van der Waals surface area contributed by atoms with Gasteiger partial charge in [0.15, 0.2) is 0 Å². The normalized spacial score (nSPS) is 12.4. The topological polar surface area (TPSA) is 57.5 Å². The highest BCUT2D eigenvalue weighted by molar-refractivity contribution is 7.16. The second-order valence-corrected chi connectivity index (χ2v) is 6.56. The number of carbonyl (C=O) groups excluding carboxylic acids is 1. The first kappa shape index (κ1) is 15.9. The predicted octanol–water partition coefficient (Wildman–Crippen LogP) is 3.10. The minimum atomic E-state index is -0.210. The Labute approximate surface area is 132 Å². The molecule has 0 saturated carbocycles. The summed E-state index contributed by atoms with van der Waals surface area (Å²) in [5, 5.41) is 5.65. The van der Waals surface area contributed by atoms with Crippen LogP contribution in [0.5, 0.6) is 0 Å². The maximum Gasteiger partial charge on any atom is 0.315 e. The number of halogens is 1. The number of hydrogen-bond acceptors (Lipinski definition) is 4. The average molecular weight is 328 g/mol. The fourth-order valence-corrected chi connectivity index (χ4v) is 2.91. The maximum absolute atomic E-state index is 11.8. The van der Waals surface area contributed by atoms with Gasteiger partial charge in [-0.05, 0) is 38.4 Å². The van der Waals surface area contributed by atoms with E-state index in [0.29, 0.717) is 13.1 Å². The lowest BCUT2D eigenvalue weighted by Gasteiger charge is -2.22. The van der Waals surface area contributed by atoms with Gasteiger partial charge in [-0.1, -0.05) is 11.6 Å². The number of carbonyl (C=O) groups is 1. The minimum absolute atomic E-state index is 0.00179. The highest BCUT2D eigenvalue weighted by atomic mass is 35.5. The van der Waals surface area contributed by atoms with Gasteiger partial charge in [-0.15, -0.1) is 11.3 Å². The van der Waals surface area contributed by atoms with Crippen LogP contribution in [-0.2, 0) is 6.54 Å². The first-order chi connectivity index (χ1) is 10.1. The molecule has 0 aliphatic heterocycles. The number of hydrogen-bond donors (Lipinski definition) is 2. The zero-order chi connectivity index (χ0) is 15.2. The van der Waals surface area contributed by atoms with Crippen molar-refractivity contribution in [2.75, 3.05) is 20.6 Å². The van der Waals surface area contributed by atoms with Gasteiger partial charge in [0, 0.05) is 11.4 Å². The van der Waals surface area contributed by atoms with Crippen molar-refractivity contribution in [1.82, 2.24) is 15.5 Å². The molecule has 2 aromatic rings. The Balaban J connectivity index is 1.79. The second-order valence-electron chi connectivity index (χ2n) is 4.76. The fourth-order valence-electron chi connectivity index (χ4n) is 1.88. The maximum atomic E-state index is 11.8. The van der Waals surface area contributed by atoms with Crippen LogP contribution in [0.2, 0.25) is 4.34 Å². The van der Waals surface area contributed by atoms with Gasteiger partial charge in [0.05, 0.1) is 23.2 Å². The quantitative estimate of drug-likeness (QED) is 0.857. The van der Waals surface area contributed by atoms with E-state index >= 15 is 0 Å². The number of likely N-dealkylation sites (N-methyl/N-ethyl adjacent to an activating group) is 1. The summed E-state index contributed by atoms with van der Waals surface area (Å²) in [6.45, 7) is 0.939. The van der Waals surface area contributed by atoms with Crippen molar-refractivity contribution >= 4 is 29.0 Å². The minimum Gasteiger partial charge on any atom is -0.468 e. The highest BCUT2D eigenvalue weighted by Crippen LogP contribution is 2.21. The smallest absolute Gasteiger partial charge is 0.315 e. The van der Waals surface area contributed by atoms with E-state index in [4.69, 9.17) is 16.0 Å². The van der Waals surface area contributed by atoms with Gasteiger partial charge >= 0.3 is 6.03 Å². The van der Waals surface area contributed by atoms with Crippen molar-refractivity contribution in [3.8, 4) is 0 Å². The molecule has 2 amide bonds. The lowest BCUT2D eigenvalue weighted by atomic mass is 10.2. The molecule has 5 nitrogen and oxygen atoms in total. The Kier molecular flexibility index (Phi) is 5.67. The summed E-state index contributed by atoms with van der Waals surface area (Å²) in [6, 6.07) is 7.25. The number of furan rings is 1. The molecule has 7 heteroatoms. The summed E-state index contributed by atoms with van der Waals surface area (Å²) in [5.41, 5.74) is 0. The molecule has 0 radical (unpaired) electrons. The van der Waals surface area contributed by atoms with E-state index in [0.717, 1.165) is 15.0 Å². The first-order valence-electron chi connectivity index (χ1n) is 6.52. The zero-order valence-corrected chi connectivity index (χ0v) is 13.5. The van der Waals surface area contributed by atoms with Crippen LogP contribution < -0.4 is 10.6 Å². The molecule has 0 aliphatic rings. The molecule has 0 fully saturated rings. The van der Waals surface area contributed by atoms with Crippen LogP contribution in [0.1, 0.15) is 16.7 Å². The number of rotatable bonds is 6. The van der Waals surface area contributed by atoms with Crippen LogP contribution in [-0.4, -0.2) is 31.6 Å². The number of thiophene rings is 1. The Morgan fingerprint density at radius 2 is 2.19 bits per heavy atom. The van der Waals surface area contributed by atoms with Gasteiger partial charge in [-0.25, -0.2) is 4.79 Å². The van der Waals surface area contributed by atoms with E-state index in [1.54, 1.807) is 6.26 Å². The Morgan fingerprint density at radius 1 is 1.38 bits per heavy atom. The van der Waals surface area contributed by atoms with Crippen LogP contribution in [0, 0.1) is 0 Å². The summed E-state index contributed by atoms with van der Waals surface area (Å²) in [6.07, 6.45) is 1.63. The van der Waals surface area contributed by atoms with Crippen molar-refractivity contribution < 1.29 is 9.21 Å². The second kappa shape index (κ2) is 7.49. The van der Waals surface area contributed by atoms with Gasteiger partial charge in [-0.3, -0.25) is 4.90 Å². The molecule has 0 spiro atoms. The SMILES string of the molecule is CN(C)C(CNC(=O)NCc1ccc(Cl)s1)c1ccco1. The number of urea groups is 1. The third kappa shape index (κ3) is 4.77. The molecular weight excluding hydrogens is 310 g/mol. The summed E-state index contributed by atoms with van der Waals surface area (Å²) >= 11 is 7.30. The third-order valence-electron chi connectivity index (χ3n) is 3.00. The molecule has 2 N–H and O–H groups in total. The van der Waals surface area contributed by atoms with Crippen molar-refractivity contribution in [3.63, 3.8) is 0 Å². The van der Waals surface area contributed by atoms with Crippen LogP contribution in [0.4, 0.5) is 4.79 Å². The van der Waals surface area contributed by atoms with Gasteiger partial charge in [-0.2, -0.15) is 0 Å². The van der Waals surface area contributed by atoms with Gasteiger partial charge in [0.2, 0.25) is 0 Å². The summed E-state index contributed by atoms with van der Waals surface area (Å²) in [5.74, 6) is 0.824. The zero-order valence-electron chi connectivity index (χ0n) is 11.9. The van der Waals surface area contributed by atoms with Crippen molar-refractivity contribution in [3.05, 3.63) is 45.5 Å². The third-order valence-corrected chi connectivity index (χ3v) is 4.23. The molecule has 0 bridgehead atoms. The van der Waals surface area contributed by atoms with Crippen molar-refractivity contribution in [2.24, 2.45) is 0 Å². The van der Waals surface area contributed by atoms with Crippen molar-refractivity contribution in [1.29, 1.82) is 0 Å². The summed E-state index contributed by atoms with van der Waals surface area (Å²) in [7, 11) is 3.89. The molecule has 0 saturated heterocycles. The number of nitrogens with one attached hydrogen (secondary N) is 2. The van der Waals surface area contributed by atoms with E-state index < -0.39 is 0 Å². The van der Waals surface area contributed by atoms with Gasteiger partial charge < -0.3 is 15.1 Å². The van der Waals surface area contributed by atoms with Gasteiger partial charge in [0.1, 0.15) is 5.76 Å². The summed E-state index contributed by atoms with van der Waals surface area (Å²) in [4.78, 5) is 14.8. The molecule has 21 heavy (non-hydrogen) atoms. The number of amides is 2. The molecule has 1 atom stereocenters. The molecule has 1 unspecified atom stereocenters. The largest absolute Gasteiger partial charge is 0.468 e. The standard InChI is InChI=1S/C14H18ClN3O2S/c1-18(2)11(12-4-3-7-20-12)9-17-14(19)16-8-10-5-6-13(15)21-10/h3-7,11H,8-9H2,1-2H3,(H2,16,17,19). The van der Waals surface area contributed by atoms with Crippen LogP contribution >= 0.6 is 22.9 Å². The van der Waals surface area contributed by atoms with E-state index in [2.05, 4.69) is 10.6 Å². The van der Waals surface area contributed by atoms with E-state index in [1.807, 2.05) is 43.3 Å². The van der Waals surface area contributed by atoms with E-state index in [-0.39, 0.29) is 12.1 Å². The molecule has 2 heterocycles. The van der Waals surface area contributed by atoms with Crippen molar-refractivity contribution in [2.45, 2.75) is 12.6 Å². The highest BCUT2D eigenvalue weighted by Gasteiger charge is 2.17. The monoisotopic (exact) mass is 327 g/mol. The first-order valence-corrected chi connectivity index (χ1v) is 7.71. The summed E-state index contributed by atoms with van der Waals surface area (Å²) < 4.78 is 6.12. The molecule has 0 aliphatic carbocycles. The molecule has 2 rings (SSSR count). The van der Waals surface area contributed by atoms with E-state index in [9.17, 15) is 4.79 Å². The average Bonchev–Trinajstić information content (AvgIpc) is 3.08. The Bertz CT molecular complexity index is 569. The predicted molar refractivity (Wildman–Crippen MR) is 84.7 cm³/mol. The molecule has 114 valence electrons. The Hall–Kier alpha value is -1.50. The fraction of sp³-hybridized carbons (Fsp3) is 0.357. The molecule has 2 aromatic heterocycles. The lowest BCUT2D eigenvalue weighted by Crippen LogP contribution is -2.40. The molecule has 0 aromatic carbocycles. The van der Waals surface area contributed by atoms with Gasteiger partial charge in [0.25, 0.3) is 0 Å². The lowest BCUT2D eigenvalue weighted by molar-refractivity contribution is 0.225. The number of nitrogens with zero attached hydrogens (tertiary/aromatic N) is 1. The van der Waals surface area contributed by atoms with Crippen LogP contribution in [0.25, 0.3) is 0 Å².